The first-order chi connectivity index (χ1) is 9.76. The molecule has 1 N–H and O–H groups in total. The fourth-order valence-electron chi connectivity index (χ4n) is 3.41. The number of hydrogen-bond donors (Lipinski definition) is 1. The molecule has 2 nitrogen and oxygen atoms in total. The minimum atomic E-state index is 0.447. The largest absolute Gasteiger partial charge is 0.494 e. The van der Waals surface area contributed by atoms with E-state index in [1.54, 1.807) is 0 Å². The SMILES string of the molecule is CCCNC(c1ccccc1OCC)C1CCC(C)C1. The van der Waals surface area contributed by atoms with E-state index in [1.165, 1.54) is 31.2 Å². The van der Waals surface area contributed by atoms with E-state index < -0.39 is 0 Å². The quantitative estimate of drug-likeness (QED) is 0.787. The van der Waals surface area contributed by atoms with Crippen molar-refractivity contribution in [1.82, 2.24) is 5.32 Å². The minimum Gasteiger partial charge on any atom is -0.494 e. The molecule has 1 aromatic rings. The van der Waals surface area contributed by atoms with Crippen LogP contribution in [-0.4, -0.2) is 13.2 Å². The Morgan fingerprint density at radius 1 is 1.25 bits per heavy atom. The van der Waals surface area contributed by atoms with Crippen molar-refractivity contribution >= 4 is 0 Å². The highest BCUT2D eigenvalue weighted by molar-refractivity contribution is 5.36. The lowest BCUT2D eigenvalue weighted by molar-refractivity contribution is 0.311. The van der Waals surface area contributed by atoms with Crippen LogP contribution in [0.4, 0.5) is 0 Å². The van der Waals surface area contributed by atoms with Crippen LogP contribution in [0.2, 0.25) is 0 Å². The molecule has 1 aliphatic carbocycles. The van der Waals surface area contributed by atoms with Crippen LogP contribution < -0.4 is 10.1 Å². The van der Waals surface area contributed by atoms with Gasteiger partial charge in [0.05, 0.1) is 6.61 Å². The van der Waals surface area contributed by atoms with Crippen LogP contribution in [0.3, 0.4) is 0 Å². The van der Waals surface area contributed by atoms with Gasteiger partial charge in [0.15, 0.2) is 0 Å². The number of ether oxygens (including phenoxy) is 1. The summed E-state index contributed by atoms with van der Waals surface area (Å²) in [5.41, 5.74) is 1.35. The second kappa shape index (κ2) is 7.68. The van der Waals surface area contributed by atoms with Crippen molar-refractivity contribution in [3.8, 4) is 5.75 Å². The number of nitrogens with one attached hydrogen (secondary N) is 1. The molecule has 1 aromatic carbocycles. The zero-order valence-corrected chi connectivity index (χ0v) is 13.2. The highest BCUT2D eigenvalue weighted by Gasteiger charge is 2.30. The summed E-state index contributed by atoms with van der Waals surface area (Å²) in [7, 11) is 0. The van der Waals surface area contributed by atoms with E-state index >= 15 is 0 Å². The van der Waals surface area contributed by atoms with Gasteiger partial charge < -0.3 is 10.1 Å². The van der Waals surface area contributed by atoms with Crippen molar-refractivity contribution in [3.63, 3.8) is 0 Å². The van der Waals surface area contributed by atoms with Gasteiger partial charge in [0, 0.05) is 11.6 Å². The van der Waals surface area contributed by atoms with Crippen molar-refractivity contribution in [2.75, 3.05) is 13.2 Å². The molecule has 2 heteroatoms. The second-order valence-electron chi connectivity index (χ2n) is 6.08. The molecule has 0 amide bonds. The van der Waals surface area contributed by atoms with E-state index in [2.05, 4.69) is 50.4 Å². The molecule has 0 spiro atoms. The monoisotopic (exact) mass is 275 g/mol. The van der Waals surface area contributed by atoms with E-state index in [4.69, 9.17) is 4.74 Å². The normalized spacial score (nSPS) is 23.8. The highest BCUT2D eigenvalue weighted by atomic mass is 16.5. The Hall–Kier alpha value is -1.02. The Morgan fingerprint density at radius 3 is 2.70 bits per heavy atom. The molecular formula is C18H29NO. The molecular weight excluding hydrogens is 246 g/mol. The third-order valence-corrected chi connectivity index (χ3v) is 4.37. The fourth-order valence-corrected chi connectivity index (χ4v) is 3.41. The van der Waals surface area contributed by atoms with Crippen LogP contribution in [0.1, 0.15) is 58.1 Å². The summed E-state index contributed by atoms with van der Waals surface area (Å²) in [4.78, 5) is 0. The van der Waals surface area contributed by atoms with Gasteiger partial charge >= 0.3 is 0 Å². The first-order valence-electron chi connectivity index (χ1n) is 8.21. The predicted molar refractivity (Wildman–Crippen MR) is 85.2 cm³/mol. The summed E-state index contributed by atoms with van der Waals surface area (Å²) < 4.78 is 5.84. The summed E-state index contributed by atoms with van der Waals surface area (Å²) in [6.45, 7) is 8.48. The van der Waals surface area contributed by atoms with Gasteiger partial charge in [-0.05, 0) is 50.6 Å². The molecule has 3 unspecified atom stereocenters. The topological polar surface area (TPSA) is 21.3 Å². The van der Waals surface area contributed by atoms with Crippen LogP contribution >= 0.6 is 0 Å². The molecule has 0 aromatic heterocycles. The van der Waals surface area contributed by atoms with Crippen molar-refractivity contribution in [3.05, 3.63) is 29.8 Å². The van der Waals surface area contributed by atoms with Crippen molar-refractivity contribution in [2.45, 2.75) is 52.5 Å². The molecule has 0 aliphatic heterocycles. The third-order valence-electron chi connectivity index (χ3n) is 4.37. The molecule has 1 saturated carbocycles. The maximum atomic E-state index is 5.84. The van der Waals surface area contributed by atoms with Crippen LogP contribution in [-0.2, 0) is 0 Å². The van der Waals surface area contributed by atoms with Crippen LogP contribution in [0.25, 0.3) is 0 Å². The highest BCUT2D eigenvalue weighted by Crippen LogP contribution is 2.41. The average Bonchev–Trinajstić information content (AvgIpc) is 2.88. The van der Waals surface area contributed by atoms with Gasteiger partial charge in [-0.3, -0.25) is 0 Å². The van der Waals surface area contributed by atoms with Gasteiger partial charge in [0.25, 0.3) is 0 Å². The molecule has 112 valence electrons. The first-order valence-corrected chi connectivity index (χ1v) is 8.21. The van der Waals surface area contributed by atoms with Gasteiger partial charge in [0.2, 0.25) is 0 Å². The lowest BCUT2D eigenvalue weighted by atomic mass is 9.90. The average molecular weight is 275 g/mol. The summed E-state index contributed by atoms with van der Waals surface area (Å²) >= 11 is 0. The summed E-state index contributed by atoms with van der Waals surface area (Å²) in [5, 5.41) is 3.77. The van der Waals surface area contributed by atoms with Gasteiger partial charge in [-0.2, -0.15) is 0 Å². The Morgan fingerprint density at radius 2 is 2.05 bits per heavy atom. The maximum Gasteiger partial charge on any atom is 0.124 e. The van der Waals surface area contributed by atoms with Crippen LogP contribution in [0.15, 0.2) is 24.3 Å². The molecule has 1 aliphatic rings. The summed E-state index contributed by atoms with van der Waals surface area (Å²) in [6, 6.07) is 9.00. The second-order valence-corrected chi connectivity index (χ2v) is 6.08. The number of benzene rings is 1. The molecule has 3 atom stereocenters. The Kier molecular flexibility index (Phi) is 5.90. The molecule has 0 heterocycles. The number of rotatable bonds is 7. The van der Waals surface area contributed by atoms with E-state index in [0.29, 0.717) is 6.04 Å². The lowest BCUT2D eigenvalue weighted by Gasteiger charge is -2.27. The molecule has 1 fully saturated rings. The van der Waals surface area contributed by atoms with Gasteiger partial charge in [-0.15, -0.1) is 0 Å². The lowest BCUT2D eigenvalue weighted by Crippen LogP contribution is -2.28. The van der Waals surface area contributed by atoms with Crippen LogP contribution in [0.5, 0.6) is 5.75 Å². The van der Waals surface area contributed by atoms with Gasteiger partial charge in [-0.25, -0.2) is 0 Å². The predicted octanol–water partition coefficient (Wildman–Crippen LogP) is 4.56. The maximum absolute atomic E-state index is 5.84. The smallest absolute Gasteiger partial charge is 0.124 e. The molecule has 0 radical (unpaired) electrons. The van der Waals surface area contributed by atoms with E-state index in [-0.39, 0.29) is 0 Å². The van der Waals surface area contributed by atoms with E-state index in [9.17, 15) is 0 Å². The molecule has 20 heavy (non-hydrogen) atoms. The zero-order chi connectivity index (χ0) is 14.4. The van der Waals surface area contributed by atoms with Crippen LogP contribution in [0, 0.1) is 11.8 Å². The van der Waals surface area contributed by atoms with Gasteiger partial charge in [-0.1, -0.05) is 38.5 Å². The zero-order valence-electron chi connectivity index (χ0n) is 13.2. The molecule has 0 bridgehead atoms. The Labute approximate surface area is 123 Å². The third kappa shape index (κ3) is 3.76. The number of hydrogen-bond acceptors (Lipinski definition) is 2. The van der Waals surface area contributed by atoms with Crippen molar-refractivity contribution in [1.29, 1.82) is 0 Å². The Balaban J connectivity index is 2.21. The molecule has 0 saturated heterocycles. The minimum absolute atomic E-state index is 0.447. The van der Waals surface area contributed by atoms with E-state index in [0.717, 1.165) is 30.7 Å². The fraction of sp³-hybridized carbons (Fsp3) is 0.667. The summed E-state index contributed by atoms with van der Waals surface area (Å²) in [6.07, 6.45) is 5.21. The Bertz CT molecular complexity index is 404. The van der Waals surface area contributed by atoms with Crippen molar-refractivity contribution < 1.29 is 4.74 Å². The van der Waals surface area contributed by atoms with Gasteiger partial charge in [0.1, 0.15) is 5.75 Å². The standard InChI is InChI=1S/C18H29NO/c1-4-12-19-18(15-11-10-14(3)13-15)16-8-6-7-9-17(16)20-5-2/h6-9,14-15,18-19H,4-5,10-13H2,1-3H3. The number of para-hydroxylation sites is 1. The van der Waals surface area contributed by atoms with Crippen molar-refractivity contribution in [2.24, 2.45) is 11.8 Å². The molecule has 2 rings (SSSR count). The first kappa shape index (κ1) is 15.4. The summed E-state index contributed by atoms with van der Waals surface area (Å²) in [5.74, 6) is 2.67. The van der Waals surface area contributed by atoms with E-state index in [1.807, 2.05) is 0 Å².